The van der Waals surface area contributed by atoms with E-state index >= 15 is 0 Å². The number of nitrogens with zero attached hydrogens (tertiary/aromatic N) is 1. The van der Waals surface area contributed by atoms with Crippen LogP contribution in [0.15, 0.2) is 35.1 Å². The lowest BCUT2D eigenvalue weighted by Gasteiger charge is -2.03. The summed E-state index contributed by atoms with van der Waals surface area (Å²) in [6.07, 6.45) is 0. The van der Waals surface area contributed by atoms with Gasteiger partial charge in [-0.3, -0.25) is 9.89 Å². The van der Waals surface area contributed by atoms with Crippen molar-refractivity contribution in [1.29, 1.82) is 0 Å². The van der Waals surface area contributed by atoms with E-state index in [4.69, 9.17) is 11.6 Å². The zero-order chi connectivity index (χ0) is 11.7. The molecule has 1 heterocycles. The molecule has 1 aromatic heterocycles. The van der Waals surface area contributed by atoms with E-state index in [-0.39, 0.29) is 5.56 Å². The monoisotopic (exact) mass is 236 g/mol. The lowest BCUT2D eigenvalue weighted by molar-refractivity contribution is 0.760. The van der Waals surface area contributed by atoms with Gasteiger partial charge in [-0.25, -0.2) is 4.68 Å². The van der Waals surface area contributed by atoms with Crippen molar-refractivity contribution in [2.75, 3.05) is 0 Å². The van der Waals surface area contributed by atoms with Crippen molar-refractivity contribution < 1.29 is 0 Å². The Labute approximate surface area is 98.7 Å². The van der Waals surface area contributed by atoms with E-state index in [2.05, 4.69) is 5.10 Å². The summed E-state index contributed by atoms with van der Waals surface area (Å²) in [4.78, 5) is 11.7. The van der Waals surface area contributed by atoms with Crippen molar-refractivity contribution >= 4 is 11.6 Å². The van der Waals surface area contributed by atoms with Gasteiger partial charge >= 0.3 is 0 Å². The summed E-state index contributed by atoms with van der Waals surface area (Å²) < 4.78 is 1.52. The first kappa shape index (κ1) is 11.0. The predicted molar refractivity (Wildman–Crippen MR) is 65.5 cm³/mol. The summed E-state index contributed by atoms with van der Waals surface area (Å²) in [7, 11) is 0. The molecule has 1 N–H and O–H groups in total. The number of aromatic amines is 1. The van der Waals surface area contributed by atoms with Gasteiger partial charge in [0.15, 0.2) is 0 Å². The normalized spacial score (nSPS) is 11.0. The van der Waals surface area contributed by atoms with Crippen molar-refractivity contribution in [1.82, 2.24) is 9.78 Å². The third-order valence-corrected chi connectivity index (χ3v) is 2.70. The summed E-state index contributed by atoms with van der Waals surface area (Å²) in [5.41, 5.74) is 1.67. The second-order valence-electron chi connectivity index (χ2n) is 4.02. The number of nitrogens with one attached hydrogen (secondary N) is 1. The van der Waals surface area contributed by atoms with Gasteiger partial charge in [0.25, 0.3) is 5.56 Å². The van der Waals surface area contributed by atoms with Gasteiger partial charge in [-0.05, 0) is 30.2 Å². The van der Waals surface area contributed by atoms with E-state index in [0.717, 1.165) is 11.4 Å². The molecule has 16 heavy (non-hydrogen) atoms. The van der Waals surface area contributed by atoms with Gasteiger partial charge in [-0.1, -0.05) is 25.4 Å². The van der Waals surface area contributed by atoms with E-state index < -0.39 is 0 Å². The molecule has 0 atom stereocenters. The average Bonchev–Trinajstić information content (AvgIpc) is 2.62. The van der Waals surface area contributed by atoms with Gasteiger partial charge in [0, 0.05) is 16.8 Å². The number of H-pyrrole nitrogens is 1. The van der Waals surface area contributed by atoms with E-state index in [1.54, 1.807) is 18.2 Å². The van der Waals surface area contributed by atoms with E-state index in [0.29, 0.717) is 10.9 Å². The third-order valence-electron chi connectivity index (χ3n) is 2.45. The van der Waals surface area contributed by atoms with Crippen LogP contribution in [0.5, 0.6) is 0 Å². The van der Waals surface area contributed by atoms with Crippen molar-refractivity contribution in [2.24, 2.45) is 0 Å². The number of benzene rings is 1. The Hall–Kier alpha value is -1.48. The third kappa shape index (κ3) is 2.04. The highest BCUT2D eigenvalue weighted by Gasteiger charge is 2.07. The molecule has 84 valence electrons. The van der Waals surface area contributed by atoms with Crippen LogP contribution in [-0.2, 0) is 0 Å². The van der Waals surface area contributed by atoms with Crippen LogP contribution in [0.1, 0.15) is 25.5 Å². The van der Waals surface area contributed by atoms with Gasteiger partial charge in [-0.2, -0.15) is 0 Å². The van der Waals surface area contributed by atoms with Crippen LogP contribution >= 0.6 is 11.6 Å². The number of aromatic nitrogens is 2. The molecule has 0 amide bonds. The minimum atomic E-state index is -0.0500. The summed E-state index contributed by atoms with van der Waals surface area (Å²) >= 11 is 5.80. The van der Waals surface area contributed by atoms with Crippen LogP contribution in [0.3, 0.4) is 0 Å². The van der Waals surface area contributed by atoms with Crippen LogP contribution in [-0.4, -0.2) is 9.78 Å². The average molecular weight is 237 g/mol. The fourth-order valence-corrected chi connectivity index (χ4v) is 1.62. The smallest absolute Gasteiger partial charge is 0.271 e. The SMILES string of the molecule is CC(C)c1cc(=O)n(-c2ccc(Cl)cc2)[nH]1. The first-order valence-corrected chi connectivity index (χ1v) is 5.53. The number of hydrogen-bond acceptors (Lipinski definition) is 1. The molecule has 0 bridgehead atoms. The van der Waals surface area contributed by atoms with Gasteiger partial charge in [0.1, 0.15) is 0 Å². The minimum absolute atomic E-state index is 0.0500. The molecule has 0 radical (unpaired) electrons. The fourth-order valence-electron chi connectivity index (χ4n) is 1.49. The molecule has 4 heteroatoms. The zero-order valence-electron chi connectivity index (χ0n) is 9.20. The first-order chi connectivity index (χ1) is 7.58. The summed E-state index contributed by atoms with van der Waals surface area (Å²) in [5.74, 6) is 0.307. The Balaban J connectivity index is 2.48. The molecule has 0 spiro atoms. The first-order valence-electron chi connectivity index (χ1n) is 5.16. The van der Waals surface area contributed by atoms with Crippen molar-refractivity contribution in [3.63, 3.8) is 0 Å². The Morgan fingerprint density at radius 1 is 1.25 bits per heavy atom. The number of halogens is 1. The molecule has 0 saturated heterocycles. The van der Waals surface area contributed by atoms with Gasteiger partial charge in [0.05, 0.1) is 5.69 Å². The maximum absolute atomic E-state index is 11.7. The molecular formula is C12H13ClN2O. The van der Waals surface area contributed by atoms with Crippen molar-refractivity contribution in [3.05, 3.63) is 51.4 Å². The Kier molecular flexibility index (Phi) is 2.88. The second kappa shape index (κ2) is 4.18. The maximum Gasteiger partial charge on any atom is 0.271 e. The largest absolute Gasteiger partial charge is 0.295 e. The zero-order valence-corrected chi connectivity index (χ0v) is 9.95. The van der Waals surface area contributed by atoms with E-state index in [9.17, 15) is 4.79 Å². The summed E-state index contributed by atoms with van der Waals surface area (Å²) in [6, 6.07) is 8.77. The minimum Gasteiger partial charge on any atom is -0.295 e. The molecule has 0 unspecified atom stereocenters. The molecule has 2 rings (SSSR count). The van der Waals surface area contributed by atoms with Crippen LogP contribution in [0.2, 0.25) is 5.02 Å². The van der Waals surface area contributed by atoms with E-state index in [1.165, 1.54) is 4.68 Å². The lowest BCUT2D eigenvalue weighted by Crippen LogP contribution is -2.13. The highest BCUT2D eigenvalue weighted by Crippen LogP contribution is 2.13. The molecule has 0 aliphatic heterocycles. The van der Waals surface area contributed by atoms with Crippen LogP contribution in [0.25, 0.3) is 5.69 Å². The molecule has 0 fully saturated rings. The highest BCUT2D eigenvalue weighted by molar-refractivity contribution is 6.30. The van der Waals surface area contributed by atoms with Gasteiger partial charge in [0.2, 0.25) is 0 Å². The Morgan fingerprint density at radius 3 is 2.38 bits per heavy atom. The summed E-state index contributed by atoms with van der Waals surface area (Å²) in [6.45, 7) is 4.08. The Bertz CT molecular complexity index is 537. The van der Waals surface area contributed by atoms with Crippen LogP contribution in [0.4, 0.5) is 0 Å². The molecule has 3 nitrogen and oxygen atoms in total. The standard InChI is InChI=1S/C12H13ClN2O/c1-8(2)11-7-12(16)15(14-11)10-5-3-9(13)4-6-10/h3-8,14H,1-2H3. The number of hydrogen-bond donors (Lipinski definition) is 1. The van der Waals surface area contributed by atoms with E-state index in [1.807, 2.05) is 26.0 Å². The number of rotatable bonds is 2. The van der Waals surface area contributed by atoms with Crippen LogP contribution < -0.4 is 5.56 Å². The lowest BCUT2D eigenvalue weighted by atomic mass is 10.1. The second-order valence-corrected chi connectivity index (χ2v) is 4.45. The molecule has 0 aliphatic carbocycles. The topological polar surface area (TPSA) is 37.8 Å². The fraction of sp³-hybridized carbons (Fsp3) is 0.250. The molecule has 0 saturated carbocycles. The Morgan fingerprint density at radius 2 is 1.88 bits per heavy atom. The van der Waals surface area contributed by atoms with Crippen molar-refractivity contribution in [3.8, 4) is 5.69 Å². The maximum atomic E-state index is 11.7. The van der Waals surface area contributed by atoms with Gasteiger partial charge < -0.3 is 0 Å². The predicted octanol–water partition coefficient (Wildman–Crippen LogP) is 2.94. The molecule has 2 aromatic rings. The molecule has 0 aliphatic rings. The van der Waals surface area contributed by atoms with Gasteiger partial charge in [-0.15, -0.1) is 0 Å². The summed E-state index contributed by atoms with van der Waals surface area (Å²) in [5, 5.41) is 3.74. The highest BCUT2D eigenvalue weighted by atomic mass is 35.5. The quantitative estimate of drug-likeness (QED) is 0.855. The van der Waals surface area contributed by atoms with Crippen LogP contribution in [0, 0.1) is 0 Å². The van der Waals surface area contributed by atoms with Crippen molar-refractivity contribution in [2.45, 2.75) is 19.8 Å². The molecule has 1 aromatic carbocycles. The molecular weight excluding hydrogens is 224 g/mol.